The zero-order valence-corrected chi connectivity index (χ0v) is 11.1. The lowest BCUT2D eigenvalue weighted by Gasteiger charge is -2.29. The zero-order valence-electron chi connectivity index (χ0n) is 10.3. The van der Waals surface area contributed by atoms with E-state index in [0.717, 1.165) is 12.8 Å². The molecule has 0 radical (unpaired) electrons. The largest absolute Gasteiger partial charge is 0.324 e. The summed E-state index contributed by atoms with van der Waals surface area (Å²) in [6.45, 7) is 0. The number of rotatable bonds is 1. The van der Waals surface area contributed by atoms with Crippen molar-refractivity contribution in [2.24, 2.45) is 5.73 Å². The van der Waals surface area contributed by atoms with Gasteiger partial charge < -0.3 is 5.73 Å². The van der Waals surface area contributed by atoms with Gasteiger partial charge in [-0.25, -0.2) is 0 Å². The van der Waals surface area contributed by atoms with E-state index in [4.69, 9.17) is 5.73 Å². The highest BCUT2D eigenvalue weighted by Gasteiger charge is 2.25. The van der Waals surface area contributed by atoms with Gasteiger partial charge in [0, 0.05) is 12.0 Å². The first-order chi connectivity index (χ1) is 8.36. The highest BCUT2D eigenvalue weighted by Crippen LogP contribution is 2.39. The molecule has 0 unspecified atom stereocenters. The summed E-state index contributed by atoms with van der Waals surface area (Å²) in [7, 11) is 0. The standard InChI is InChI=1S/C16H17N.ClH/c17-16-11-10-13(12-6-2-1-3-7-12)14-8-4-5-9-15(14)16;/h1-9,13,16H,10-11,17H2;1H/t13-,16-;/m0./s1. The predicted molar refractivity (Wildman–Crippen MR) is 78.1 cm³/mol. The highest BCUT2D eigenvalue weighted by molar-refractivity contribution is 5.85. The molecular weight excluding hydrogens is 242 g/mol. The molecule has 94 valence electrons. The van der Waals surface area contributed by atoms with Crippen molar-refractivity contribution in [3.8, 4) is 0 Å². The zero-order chi connectivity index (χ0) is 11.7. The van der Waals surface area contributed by atoms with Gasteiger partial charge in [-0.3, -0.25) is 0 Å². The van der Waals surface area contributed by atoms with Crippen molar-refractivity contribution < 1.29 is 0 Å². The summed E-state index contributed by atoms with van der Waals surface area (Å²) in [6.07, 6.45) is 2.23. The number of nitrogens with two attached hydrogens (primary N) is 1. The molecule has 1 aliphatic rings. The van der Waals surface area contributed by atoms with E-state index in [1.165, 1.54) is 16.7 Å². The van der Waals surface area contributed by atoms with Gasteiger partial charge in [0.15, 0.2) is 0 Å². The third-order valence-corrected chi connectivity index (χ3v) is 3.74. The van der Waals surface area contributed by atoms with Crippen LogP contribution in [-0.2, 0) is 0 Å². The molecule has 2 atom stereocenters. The van der Waals surface area contributed by atoms with Gasteiger partial charge in [0.2, 0.25) is 0 Å². The van der Waals surface area contributed by atoms with Crippen LogP contribution < -0.4 is 5.73 Å². The maximum absolute atomic E-state index is 6.19. The summed E-state index contributed by atoms with van der Waals surface area (Å²) in [6, 6.07) is 19.6. The maximum atomic E-state index is 6.19. The molecule has 0 aromatic heterocycles. The lowest BCUT2D eigenvalue weighted by Crippen LogP contribution is -2.20. The number of halogens is 1. The molecule has 2 aromatic rings. The Morgan fingerprint density at radius 3 is 2.11 bits per heavy atom. The minimum atomic E-state index is 0. The first kappa shape index (κ1) is 13.1. The fraction of sp³-hybridized carbons (Fsp3) is 0.250. The second kappa shape index (κ2) is 5.55. The van der Waals surface area contributed by atoms with Gasteiger partial charge in [0.25, 0.3) is 0 Å². The molecule has 2 heteroatoms. The summed E-state index contributed by atoms with van der Waals surface area (Å²) in [5, 5.41) is 0. The third-order valence-electron chi connectivity index (χ3n) is 3.74. The van der Waals surface area contributed by atoms with E-state index in [-0.39, 0.29) is 18.4 Å². The van der Waals surface area contributed by atoms with Crippen LogP contribution in [0.2, 0.25) is 0 Å². The Morgan fingerprint density at radius 2 is 1.39 bits per heavy atom. The van der Waals surface area contributed by atoms with Crippen LogP contribution in [0.5, 0.6) is 0 Å². The van der Waals surface area contributed by atoms with Gasteiger partial charge in [-0.05, 0) is 29.5 Å². The van der Waals surface area contributed by atoms with Crippen molar-refractivity contribution in [2.45, 2.75) is 24.8 Å². The Hall–Kier alpha value is -1.31. The summed E-state index contributed by atoms with van der Waals surface area (Å²) in [5.41, 5.74) is 10.3. The molecule has 2 N–H and O–H groups in total. The molecule has 1 nitrogen and oxygen atoms in total. The van der Waals surface area contributed by atoms with Crippen molar-refractivity contribution in [3.63, 3.8) is 0 Å². The molecular formula is C16H18ClN. The number of benzene rings is 2. The second-order valence-electron chi connectivity index (χ2n) is 4.78. The monoisotopic (exact) mass is 259 g/mol. The maximum Gasteiger partial charge on any atom is 0.0298 e. The Kier molecular flexibility index (Phi) is 4.05. The van der Waals surface area contributed by atoms with Gasteiger partial charge >= 0.3 is 0 Å². The van der Waals surface area contributed by atoms with Crippen LogP contribution >= 0.6 is 12.4 Å². The molecule has 0 bridgehead atoms. The topological polar surface area (TPSA) is 26.0 Å². The molecule has 0 spiro atoms. The van der Waals surface area contributed by atoms with E-state index < -0.39 is 0 Å². The van der Waals surface area contributed by atoms with E-state index in [9.17, 15) is 0 Å². The number of fused-ring (bicyclic) bond motifs is 1. The fourth-order valence-electron chi connectivity index (χ4n) is 2.85. The fourth-order valence-corrected chi connectivity index (χ4v) is 2.85. The van der Waals surface area contributed by atoms with E-state index >= 15 is 0 Å². The quantitative estimate of drug-likeness (QED) is 0.822. The van der Waals surface area contributed by atoms with Crippen molar-refractivity contribution in [1.29, 1.82) is 0 Å². The van der Waals surface area contributed by atoms with Gasteiger partial charge in [-0.1, -0.05) is 54.6 Å². The minimum absolute atomic E-state index is 0. The lowest BCUT2D eigenvalue weighted by atomic mass is 9.77. The minimum Gasteiger partial charge on any atom is -0.324 e. The Morgan fingerprint density at radius 1 is 0.778 bits per heavy atom. The molecule has 3 rings (SSSR count). The average molecular weight is 260 g/mol. The van der Waals surface area contributed by atoms with Crippen LogP contribution in [0.3, 0.4) is 0 Å². The first-order valence-electron chi connectivity index (χ1n) is 6.25. The van der Waals surface area contributed by atoms with Crippen molar-refractivity contribution >= 4 is 12.4 Å². The molecule has 18 heavy (non-hydrogen) atoms. The summed E-state index contributed by atoms with van der Waals surface area (Å²) < 4.78 is 0. The van der Waals surface area contributed by atoms with E-state index in [1.54, 1.807) is 0 Å². The van der Waals surface area contributed by atoms with Crippen LogP contribution in [0, 0.1) is 0 Å². The van der Waals surface area contributed by atoms with Gasteiger partial charge in [-0.2, -0.15) is 0 Å². The molecule has 2 aromatic carbocycles. The van der Waals surface area contributed by atoms with E-state index in [2.05, 4.69) is 54.6 Å². The Bertz CT molecular complexity index is 510. The van der Waals surface area contributed by atoms with Gasteiger partial charge in [-0.15, -0.1) is 12.4 Å². The van der Waals surface area contributed by atoms with Crippen LogP contribution in [0.1, 0.15) is 41.5 Å². The van der Waals surface area contributed by atoms with Crippen molar-refractivity contribution in [2.75, 3.05) is 0 Å². The molecule has 0 amide bonds. The van der Waals surface area contributed by atoms with Crippen LogP contribution in [-0.4, -0.2) is 0 Å². The molecule has 1 aliphatic carbocycles. The lowest BCUT2D eigenvalue weighted by molar-refractivity contribution is 0.530. The SMILES string of the molecule is Cl.N[C@H]1CC[C@@H](c2ccccc2)c2ccccc21. The summed E-state index contributed by atoms with van der Waals surface area (Å²) >= 11 is 0. The van der Waals surface area contributed by atoms with Crippen molar-refractivity contribution in [3.05, 3.63) is 71.3 Å². The number of hydrogen-bond acceptors (Lipinski definition) is 1. The molecule has 0 saturated carbocycles. The van der Waals surface area contributed by atoms with Gasteiger partial charge in [0.1, 0.15) is 0 Å². The Balaban J connectivity index is 0.00000120. The smallest absolute Gasteiger partial charge is 0.0298 e. The van der Waals surface area contributed by atoms with E-state index in [0.29, 0.717) is 5.92 Å². The first-order valence-corrected chi connectivity index (χ1v) is 6.25. The van der Waals surface area contributed by atoms with E-state index in [1.807, 2.05) is 0 Å². The summed E-state index contributed by atoms with van der Waals surface area (Å²) in [4.78, 5) is 0. The normalized spacial score (nSPS) is 21.8. The number of hydrogen-bond donors (Lipinski definition) is 1. The van der Waals surface area contributed by atoms with Crippen LogP contribution in [0.15, 0.2) is 54.6 Å². The predicted octanol–water partition coefficient (Wildman–Crippen LogP) is 4.03. The van der Waals surface area contributed by atoms with Crippen LogP contribution in [0.25, 0.3) is 0 Å². The molecule has 0 heterocycles. The molecule has 0 saturated heterocycles. The van der Waals surface area contributed by atoms with Crippen molar-refractivity contribution in [1.82, 2.24) is 0 Å². The molecule has 0 aliphatic heterocycles. The summed E-state index contributed by atoms with van der Waals surface area (Å²) in [5.74, 6) is 0.521. The Labute approximate surface area is 114 Å². The third kappa shape index (κ3) is 2.29. The highest BCUT2D eigenvalue weighted by atomic mass is 35.5. The van der Waals surface area contributed by atoms with Gasteiger partial charge in [0.05, 0.1) is 0 Å². The molecule has 0 fully saturated rings. The average Bonchev–Trinajstić information content (AvgIpc) is 2.41. The second-order valence-corrected chi connectivity index (χ2v) is 4.78. The van der Waals surface area contributed by atoms with Crippen LogP contribution in [0.4, 0.5) is 0 Å².